The molecule has 2 heterocycles. The molecule has 0 radical (unpaired) electrons. The van der Waals surface area contributed by atoms with Crippen LogP contribution in [0.3, 0.4) is 0 Å². The van der Waals surface area contributed by atoms with Crippen LogP contribution in [0.25, 0.3) is 0 Å². The number of esters is 1. The van der Waals surface area contributed by atoms with E-state index in [9.17, 15) is 19.2 Å². The van der Waals surface area contributed by atoms with Crippen LogP contribution in [0.15, 0.2) is 0 Å². The Hall–Kier alpha value is -2.22. The number of anilines is 1. The highest BCUT2D eigenvalue weighted by Gasteiger charge is 2.60. The quantitative estimate of drug-likeness (QED) is 0.562. The molecular weight excluding hydrogens is 404 g/mol. The van der Waals surface area contributed by atoms with Crippen molar-refractivity contribution in [3.05, 3.63) is 16.0 Å². The normalized spacial score (nSPS) is 32.4. The first-order valence-corrected chi connectivity index (χ1v) is 11.3. The van der Waals surface area contributed by atoms with Crippen LogP contribution >= 0.6 is 11.3 Å². The minimum atomic E-state index is -0.907. The summed E-state index contributed by atoms with van der Waals surface area (Å²) in [6, 6.07) is 0. The molecule has 2 N–H and O–H groups in total. The van der Waals surface area contributed by atoms with E-state index >= 15 is 0 Å². The third kappa shape index (κ3) is 3.16. The molecule has 1 aromatic rings. The summed E-state index contributed by atoms with van der Waals surface area (Å²) in [5.74, 6) is -1.30. The summed E-state index contributed by atoms with van der Waals surface area (Å²) in [4.78, 5) is 52.3. The van der Waals surface area contributed by atoms with Gasteiger partial charge in [0.1, 0.15) is 5.00 Å². The van der Waals surface area contributed by atoms with E-state index in [1.807, 2.05) is 20.8 Å². The van der Waals surface area contributed by atoms with Crippen molar-refractivity contribution in [2.75, 3.05) is 11.9 Å². The topological polar surface area (TPSA) is 102 Å². The number of hydrogen-bond donors (Lipinski definition) is 2. The zero-order valence-electron chi connectivity index (χ0n) is 17.9. The van der Waals surface area contributed by atoms with Crippen LogP contribution in [0.1, 0.15) is 74.2 Å². The first-order valence-electron chi connectivity index (χ1n) is 10.5. The fourth-order valence-electron chi connectivity index (χ4n) is 5.82. The van der Waals surface area contributed by atoms with Crippen molar-refractivity contribution in [2.45, 2.75) is 66.2 Å². The number of fused-ring (bicyclic) bond motifs is 3. The summed E-state index contributed by atoms with van der Waals surface area (Å²) >= 11 is 1.44. The molecule has 1 saturated heterocycles. The molecule has 2 atom stereocenters. The molecule has 0 spiro atoms. The summed E-state index contributed by atoms with van der Waals surface area (Å²) in [5.41, 5.74) is -1.03. The predicted molar refractivity (Wildman–Crippen MR) is 112 cm³/mol. The largest absolute Gasteiger partial charge is 0.462 e. The van der Waals surface area contributed by atoms with E-state index < -0.39 is 22.2 Å². The van der Waals surface area contributed by atoms with Crippen LogP contribution in [-0.4, -0.2) is 30.3 Å². The van der Waals surface area contributed by atoms with Crippen molar-refractivity contribution >= 4 is 40.0 Å². The van der Waals surface area contributed by atoms with Crippen LogP contribution in [0.2, 0.25) is 0 Å². The van der Waals surface area contributed by atoms with Crippen molar-refractivity contribution in [3.8, 4) is 0 Å². The Morgan fingerprint density at radius 1 is 1.07 bits per heavy atom. The van der Waals surface area contributed by atoms with Gasteiger partial charge in [-0.25, -0.2) is 4.79 Å². The maximum Gasteiger partial charge on any atom is 0.341 e. The number of aryl methyl sites for hydroxylation is 1. The van der Waals surface area contributed by atoms with E-state index in [1.165, 1.54) is 11.3 Å². The standard InChI is InChI=1S/C22H28N2O5S/c1-5-29-16(25)14-12-7-6-8-13(12)30-15(14)23-17(26)20(2)9-21(3)11-22(4,10-20)19(28)24-18(21)27/h5-11H2,1-4H3,(H,23,26)(H,24,27,28). The SMILES string of the molecule is CCOC(=O)c1c(NC(=O)C2(C)CC3(C)CC(C)(C2)C(=O)NC3=O)sc2c1CCC2. The zero-order valence-corrected chi connectivity index (χ0v) is 18.7. The van der Waals surface area contributed by atoms with Crippen molar-refractivity contribution < 1.29 is 23.9 Å². The summed E-state index contributed by atoms with van der Waals surface area (Å²) in [5, 5.41) is 5.98. The van der Waals surface area contributed by atoms with E-state index in [0.717, 1.165) is 29.7 Å². The Morgan fingerprint density at radius 3 is 2.30 bits per heavy atom. The minimum Gasteiger partial charge on any atom is -0.462 e. The Labute approximate surface area is 179 Å². The smallest absolute Gasteiger partial charge is 0.341 e. The van der Waals surface area contributed by atoms with Crippen molar-refractivity contribution in [3.63, 3.8) is 0 Å². The van der Waals surface area contributed by atoms with Crippen molar-refractivity contribution in [1.82, 2.24) is 5.32 Å². The zero-order chi connectivity index (χ0) is 21.9. The van der Waals surface area contributed by atoms with Crippen molar-refractivity contribution in [1.29, 1.82) is 0 Å². The Kier molecular flexibility index (Phi) is 4.84. The number of nitrogens with one attached hydrogen (secondary N) is 2. The maximum absolute atomic E-state index is 13.5. The molecule has 0 aromatic carbocycles. The van der Waals surface area contributed by atoms with E-state index in [4.69, 9.17) is 4.74 Å². The van der Waals surface area contributed by atoms with Crippen LogP contribution in [0, 0.1) is 16.2 Å². The molecule has 1 aliphatic heterocycles. The van der Waals surface area contributed by atoms with Crippen LogP contribution < -0.4 is 10.6 Å². The number of ether oxygens (including phenoxy) is 1. The Morgan fingerprint density at radius 2 is 1.70 bits per heavy atom. The molecule has 7 nitrogen and oxygen atoms in total. The number of thiophene rings is 1. The molecule has 4 rings (SSSR count). The molecule has 1 aromatic heterocycles. The van der Waals surface area contributed by atoms with Gasteiger partial charge in [-0.05, 0) is 51.0 Å². The van der Waals surface area contributed by atoms with Gasteiger partial charge in [-0.2, -0.15) is 0 Å². The number of imide groups is 1. The highest BCUT2D eigenvalue weighted by Crippen LogP contribution is 2.57. The van der Waals surface area contributed by atoms with Gasteiger partial charge in [-0.3, -0.25) is 19.7 Å². The molecule has 3 aliphatic rings. The molecule has 3 amide bonds. The van der Waals surface area contributed by atoms with E-state index in [1.54, 1.807) is 6.92 Å². The van der Waals surface area contributed by atoms with Crippen LogP contribution in [0.5, 0.6) is 0 Å². The lowest BCUT2D eigenvalue weighted by molar-refractivity contribution is -0.163. The molecule has 2 aliphatic carbocycles. The fourth-order valence-corrected chi connectivity index (χ4v) is 7.10. The van der Waals surface area contributed by atoms with Gasteiger partial charge in [0.15, 0.2) is 0 Å². The van der Waals surface area contributed by atoms with E-state index in [-0.39, 0.29) is 24.3 Å². The molecule has 1 saturated carbocycles. The third-order valence-electron chi connectivity index (χ3n) is 6.84. The van der Waals surface area contributed by atoms with Gasteiger partial charge in [-0.1, -0.05) is 20.8 Å². The summed E-state index contributed by atoms with van der Waals surface area (Å²) in [6.07, 6.45) is 3.82. The van der Waals surface area contributed by atoms with Crippen LogP contribution in [0.4, 0.5) is 5.00 Å². The molecule has 30 heavy (non-hydrogen) atoms. The lowest BCUT2D eigenvalue weighted by Crippen LogP contribution is -2.63. The van der Waals surface area contributed by atoms with Gasteiger partial charge in [0, 0.05) is 21.1 Å². The summed E-state index contributed by atoms with van der Waals surface area (Å²) < 4.78 is 5.24. The number of rotatable bonds is 4. The number of amides is 3. The molecule has 2 unspecified atom stereocenters. The first kappa shape index (κ1) is 21.0. The van der Waals surface area contributed by atoms with Crippen LogP contribution in [-0.2, 0) is 32.0 Å². The Balaban J connectivity index is 1.65. The summed E-state index contributed by atoms with van der Waals surface area (Å²) in [6.45, 7) is 7.48. The van der Waals surface area contributed by atoms with E-state index in [0.29, 0.717) is 29.8 Å². The van der Waals surface area contributed by atoms with Gasteiger partial charge >= 0.3 is 5.97 Å². The molecular formula is C22H28N2O5S. The van der Waals surface area contributed by atoms with Crippen molar-refractivity contribution in [2.24, 2.45) is 16.2 Å². The molecule has 8 heteroatoms. The predicted octanol–water partition coefficient (Wildman–Crippen LogP) is 3.21. The second-order valence-corrected chi connectivity index (χ2v) is 10.8. The molecule has 162 valence electrons. The van der Waals surface area contributed by atoms with Gasteiger partial charge in [-0.15, -0.1) is 11.3 Å². The lowest BCUT2D eigenvalue weighted by Gasteiger charge is -2.53. The second kappa shape index (κ2) is 6.90. The number of hydrogen-bond acceptors (Lipinski definition) is 6. The number of carbonyl (C=O) groups excluding carboxylic acids is 4. The van der Waals surface area contributed by atoms with E-state index in [2.05, 4.69) is 10.6 Å². The Bertz CT molecular complexity index is 939. The first-order chi connectivity index (χ1) is 14.0. The van der Waals surface area contributed by atoms with Gasteiger partial charge in [0.25, 0.3) is 0 Å². The fraction of sp³-hybridized carbons (Fsp3) is 0.636. The average molecular weight is 433 g/mol. The number of piperidine rings is 1. The second-order valence-electron chi connectivity index (χ2n) is 9.73. The highest BCUT2D eigenvalue weighted by molar-refractivity contribution is 7.17. The summed E-state index contributed by atoms with van der Waals surface area (Å²) in [7, 11) is 0. The van der Waals surface area contributed by atoms with Gasteiger partial charge < -0.3 is 10.1 Å². The minimum absolute atomic E-state index is 0.257. The van der Waals surface area contributed by atoms with Gasteiger partial charge in [0.2, 0.25) is 17.7 Å². The number of carbonyl (C=O) groups is 4. The highest BCUT2D eigenvalue weighted by atomic mass is 32.1. The average Bonchev–Trinajstić information content (AvgIpc) is 3.20. The lowest BCUT2D eigenvalue weighted by atomic mass is 9.52. The third-order valence-corrected chi connectivity index (χ3v) is 8.05. The molecule has 2 fully saturated rings. The van der Waals surface area contributed by atoms with Gasteiger partial charge in [0.05, 0.1) is 12.2 Å². The molecule has 2 bridgehead atoms. The maximum atomic E-state index is 13.5. The monoisotopic (exact) mass is 432 g/mol.